The minimum atomic E-state index is -0.492. The maximum atomic E-state index is 13.1. The number of phenols is 1. The number of hydrogen-bond acceptors (Lipinski definition) is 3. The fraction of sp³-hybridized carbons (Fsp3) is 0.154. The van der Waals surface area contributed by atoms with Crippen LogP contribution in [0.4, 0.5) is 10.1 Å². The molecule has 0 fully saturated rings. The predicted molar refractivity (Wildman–Crippen MR) is 74.4 cm³/mol. The molecule has 2 aromatic rings. The van der Waals surface area contributed by atoms with E-state index in [0.29, 0.717) is 22.9 Å². The number of phenolic OH excluding ortho intramolecular Hbond substituents is 1. The van der Waals surface area contributed by atoms with Gasteiger partial charge in [-0.2, -0.15) is 0 Å². The Bertz CT molecular complexity index is 576. The van der Waals surface area contributed by atoms with Crippen LogP contribution in [0.15, 0.2) is 24.3 Å². The molecule has 0 saturated heterocycles. The molecule has 2 N–H and O–H groups in total. The highest BCUT2D eigenvalue weighted by molar-refractivity contribution is 6.34. The van der Waals surface area contributed by atoms with Crippen LogP contribution in [0.5, 0.6) is 5.75 Å². The largest absolute Gasteiger partial charge is 0.508 e. The molecule has 19 heavy (non-hydrogen) atoms. The minimum absolute atomic E-state index is 0.117. The summed E-state index contributed by atoms with van der Waals surface area (Å²) in [6, 6.07) is 5.53. The highest BCUT2D eigenvalue weighted by Gasteiger charge is 2.08. The molecule has 3 nitrogen and oxygen atoms in total. The Kier molecular flexibility index (Phi) is 4.12. The summed E-state index contributed by atoms with van der Waals surface area (Å²) in [6.45, 7) is 2.15. The van der Waals surface area contributed by atoms with Crippen molar-refractivity contribution >= 4 is 28.9 Å². The van der Waals surface area contributed by atoms with Crippen LogP contribution in [0.3, 0.4) is 0 Å². The van der Waals surface area contributed by atoms with Gasteiger partial charge in [-0.05, 0) is 36.2 Å². The van der Waals surface area contributed by atoms with Crippen molar-refractivity contribution in [3.63, 3.8) is 0 Å². The van der Waals surface area contributed by atoms with Gasteiger partial charge in [-0.1, -0.05) is 23.2 Å². The summed E-state index contributed by atoms with van der Waals surface area (Å²) in [5, 5.41) is 12.9. The van der Waals surface area contributed by atoms with Crippen molar-refractivity contribution < 1.29 is 9.50 Å². The van der Waals surface area contributed by atoms with Gasteiger partial charge in [0, 0.05) is 12.6 Å². The number of aryl methyl sites for hydroxylation is 1. The number of pyridine rings is 1. The van der Waals surface area contributed by atoms with Gasteiger partial charge in [0.05, 0.1) is 5.69 Å². The molecule has 0 spiro atoms. The number of anilines is 1. The average Bonchev–Trinajstić information content (AvgIpc) is 2.25. The number of nitrogens with one attached hydrogen (secondary N) is 1. The van der Waals surface area contributed by atoms with Gasteiger partial charge in [0.1, 0.15) is 16.7 Å². The quantitative estimate of drug-likeness (QED) is 0.837. The summed E-state index contributed by atoms with van der Waals surface area (Å²) < 4.78 is 13.1. The molecule has 1 aromatic carbocycles. The van der Waals surface area contributed by atoms with Crippen molar-refractivity contribution in [1.29, 1.82) is 0 Å². The highest BCUT2D eigenvalue weighted by atomic mass is 35.5. The van der Waals surface area contributed by atoms with E-state index in [1.807, 2.05) is 6.92 Å². The summed E-state index contributed by atoms with van der Waals surface area (Å²) >= 11 is 11.8. The maximum Gasteiger partial charge on any atom is 0.154 e. The zero-order chi connectivity index (χ0) is 14.0. The van der Waals surface area contributed by atoms with E-state index in [4.69, 9.17) is 23.2 Å². The molecule has 0 aliphatic rings. The molecule has 0 unspecified atom stereocenters. The first-order valence-electron chi connectivity index (χ1n) is 5.50. The number of halogens is 3. The molecule has 2 rings (SSSR count). The van der Waals surface area contributed by atoms with Crippen molar-refractivity contribution in [3.05, 3.63) is 51.5 Å². The van der Waals surface area contributed by atoms with Crippen LogP contribution in [-0.4, -0.2) is 10.1 Å². The van der Waals surface area contributed by atoms with E-state index in [9.17, 15) is 9.50 Å². The summed E-state index contributed by atoms with van der Waals surface area (Å²) in [4.78, 5) is 3.93. The Hall–Kier alpha value is -1.52. The Morgan fingerprint density at radius 1 is 1.26 bits per heavy atom. The van der Waals surface area contributed by atoms with Crippen molar-refractivity contribution in [3.8, 4) is 5.75 Å². The third-order valence-electron chi connectivity index (χ3n) is 2.55. The molecule has 0 radical (unpaired) electrons. The van der Waals surface area contributed by atoms with Gasteiger partial charge in [-0.15, -0.1) is 0 Å². The number of hydrogen-bond donors (Lipinski definition) is 2. The molecular weight excluding hydrogens is 290 g/mol. The van der Waals surface area contributed by atoms with E-state index in [2.05, 4.69) is 10.3 Å². The predicted octanol–water partition coefficient (Wildman–Crippen LogP) is 4.15. The summed E-state index contributed by atoms with van der Waals surface area (Å²) in [5.41, 5.74) is 2.07. The third kappa shape index (κ3) is 3.49. The first kappa shape index (κ1) is 13.9. The fourth-order valence-electron chi connectivity index (χ4n) is 1.73. The number of aromatic hydroxyl groups is 1. The summed E-state index contributed by atoms with van der Waals surface area (Å²) in [6.07, 6.45) is 0. The molecular formula is C13H11Cl2FN2O. The normalized spacial score (nSPS) is 10.5. The Morgan fingerprint density at radius 2 is 2.00 bits per heavy atom. The van der Waals surface area contributed by atoms with E-state index in [0.717, 1.165) is 11.6 Å². The lowest BCUT2D eigenvalue weighted by Crippen LogP contribution is -2.03. The topological polar surface area (TPSA) is 45.2 Å². The standard InChI is InChI=1S/C13H11Cl2FN2O/c1-7-2-11(14)18-13(15)12(7)17-6-8-3-9(16)5-10(19)4-8/h2-5,17,19H,6H2,1H3. The van der Waals surface area contributed by atoms with Crippen LogP contribution >= 0.6 is 23.2 Å². The summed E-state index contributed by atoms with van der Waals surface area (Å²) in [5.74, 6) is -0.609. The van der Waals surface area contributed by atoms with E-state index >= 15 is 0 Å². The number of benzene rings is 1. The lowest BCUT2D eigenvalue weighted by Gasteiger charge is -2.11. The second kappa shape index (κ2) is 5.63. The van der Waals surface area contributed by atoms with Crippen LogP contribution in [0.2, 0.25) is 10.3 Å². The van der Waals surface area contributed by atoms with Gasteiger partial charge in [0.15, 0.2) is 5.15 Å². The van der Waals surface area contributed by atoms with Gasteiger partial charge >= 0.3 is 0 Å². The first-order valence-corrected chi connectivity index (χ1v) is 6.26. The minimum Gasteiger partial charge on any atom is -0.508 e. The molecule has 1 heterocycles. The van der Waals surface area contributed by atoms with Crippen LogP contribution in [0, 0.1) is 12.7 Å². The summed E-state index contributed by atoms with van der Waals surface area (Å²) in [7, 11) is 0. The van der Waals surface area contributed by atoms with Crippen molar-refractivity contribution in [2.45, 2.75) is 13.5 Å². The second-order valence-electron chi connectivity index (χ2n) is 4.10. The molecule has 0 atom stereocenters. The third-order valence-corrected chi connectivity index (χ3v) is 3.02. The molecule has 0 bridgehead atoms. The SMILES string of the molecule is Cc1cc(Cl)nc(Cl)c1NCc1cc(O)cc(F)c1. The van der Waals surface area contributed by atoms with Gasteiger partial charge < -0.3 is 10.4 Å². The molecule has 0 saturated carbocycles. The molecule has 100 valence electrons. The smallest absolute Gasteiger partial charge is 0.154 e. The average molecular weight is 301 g/mol. The lowest BCUT2D eigenvalue weighted by molar-refractivity contribution is 0.468. The monoisotopic (exact) mass is 300 g/mol. The molecule has 0 aliphatic carbocycles. The van der Waals surface area contributed by atoms with Gasteiger partial charge in [-0.25, -0.2) is 9.37 Å². The van der Waals surface area contributed by atoms with E-state index in [-0.39, 0.29) is 10.9 Å². The van der Waals surface area contributed by atoms with Crippen LogP contribution in [0.25, 0.3) is 0 Å². The zero-order valence-corrected chi connectivity index (χ0v) is 11.6. The lowest BCUT2D eigenvalue weighted by atomic mass is 10.2. The van der Waals surface area contributed by atoms with Crippen molar-refractivity contribution in [1.82, 2.24) is 4.98 Å². The number of aromatic nitrogens is 1. The Balaban J connectivity index is 2.19. The molecule has 1 aromatic heterocycles. The number of rotatable bonds is 3. The maximum absolute atomic E-state index is 13.1. The fourth-order valence-corrected chi connectivity index (χ4v) is 2.33. The Morgan fingerprint density at radius 3 is 2.63 bits per heavy atom. The van der Waals surface area contributed by atoms with Gasteiger partial charge in [-0.3, -0.25) is 0 Å². The molecule has 6 heteroatoms. The van der Waals surface area contributed by atoms with Crippen molar-refractivity contribution in [2.75, 3.05) is 5.32 Å². The van der Waals surface area contributed by atoms with E-state index in [1.54, 1.807) is 6.07 Å². The highest BCUT2D eigenvalue weighted by Crippen LogP contribution is 2.27. The van der Waals surface area contributed by atoms with E-state index < -0.39 is 5.82 Å². The first-order chi connectivity index (χ1) is 8.95. The van der Waals surface area contributed by atoms with E-state index in [1.165, 1.54) is 12.1 Å². The zero-order valence-electron chi connectivity index (χ0n) is 10.0. The Labute approximate surface area is 120 Å². The molecule has 0 aliphatic heterocycles. The second-order valence-corrected chi connectivity index (χ2v) is 4.84. The van der Waals surface area contributed by atoms with Crippen molar-refractivity contribution in [2.24, 2.45) is 0 Å². The number of nitrogens with zero attached hydrogens (tertiary/aromatic N) is 1. The van der Waals surface area contributed by atoms with Gasteiger partial charge in [0.25, 0.3) is 0 Å². The van der Waals surface area contributed by atoms with Gasteiger partial charge in [0.2, 0.25) is 0 Å². The molecule has 0 amide bonds. The van der Waals surface area contributed by atoms with Crippen LogP contribution < -0.4 is 5.32 Å². The van der Waals surface area contributed by atoms with Crippen LogP contribution in [-0.2, 0) is 6.54 Å². The van der Waals surface area contributed by atoms with Crippen LogP contribution in [0.1, 0.15) is 11.1 Å².